The van der Waals surface area contributed by atoms with Crippen molar-refractivity contribution < 1.29 is 4.74 Å². The Morgan fingerprint density at radius 2 is 2.00 bits per heavy atom. The van der Waals surface area contributed by atoms with Crippen molar-refractivity contribution in [1.29, 1.82) is 0 Å². The molecule has 0 aromatic heterocycles. The van der Waals surface area contributed by atoms with E-state index >= 15 is 0 Å². The molecule has 1 N–H and O–H groups in total. The second-order valence-corrected chi connectivity index (χ2v) is 5.83. The zero-order valence-corrected chi connectivity index (χ0v) is 13.2. The highest BCUT2D eigenvalue weighted by atomic mass is 16.5. The van der Waals surface area contributed by atoms with Crippen LogP contribution in [0.1, 0.15) is 34.1 Å². The molecule has 1 fully saturated rings. The summed E-state index contributed by atoms with van der Waals surface area (Å²) in [4.78, 5) is 2.52. The van der Waals surface area contributed by atoms with Gasteiger partial charge >= 0.3 is 0 Å². The van der Waals surface area contributed by atoms with Crippen molar-refractivity contribution in [3.63, 3.8) is 0 Å². The van der Waals surface area contributed by atoms with Crippen LogP contribution in [0.5, 0.6) is 5.75 Å². The van der Waals surface area contributed by atoms with Gasteiger partial charge < -0.3 is 15.0 Å². The third-order valence-electron chi connectivity index (χ3n) is 4.41. The molecule has 2 rings (SSSR count). The Morgan fingerprint density at radius 3 is 2.60 bits per heavy atom. The average Bonchev–Trinajstić information content (AvgIpc) is 2.48. The zero-order valence-electron chi connectivity index (χ0n) is 13.2. The first-order chi connectivity index (χ1) is 9.65. The molecule has 3 unspecified atom stereocenters. The van der Waals surface area contributed by atoms with Gasteiger partial charge in [0.05, 0.1) is 6.61 Å². The highest BCUT2D eigenvalue weighted by molar-refractivity contribution is 5.50. The van der Waals surface area contributed by atoms with Crippen LogP contribution in [-0.4, -0.2) is 31.8 Å². The molecule has 0 aliphatic carbocycles. The van der Waals surface area contributed by atoms with Crippen LogP contribution in [0.4, 0.5) is 5.69 Å². The third kappa shape index (κ3) is 3.45. The van der Waals surface area contributed by atoms with Gasteiger partial charge in [-0.25, -0.2) is 0 Å². The number of hydrogen-bond donors (Lipinski definition) is 1. The number of nitrogens with one attached hydrogen (secondary N) is 1. The quantitative estimate of drug-likeness (QED) is 0.893. The number of ether oxygens (including phenoxy) is 1. The molecule has 0 amide bonds. The summed E-state index contributed by atoms with van der Waals surface area (Å²) >= 11 is 0. The van der Waals surface area contributed by atoms with Gasteiger partial charge in [-0.3, -0.25) is 0 Å². The lowest BCUT2D eigenvalue weighted by atomic mass is 9.95. The number of anilines is 1. The van der Waals surface area contributed by atoms with E-state index in [1.807, 2.05) is 6.92 Å². The van der Waals surface area contributed by atoms with Crippen LogP contribution in [0.15, 0.2) is 24.3 Å². The van der Waals surface area contributed by atoms with Gasteiger partial charge in [0.15, 0.2) is 0 Å². The Labute approximate surface area is 123 Å². The fourth-order valence-corrected chi connectivity index (χ4v) is 2.81. The van der Waals surface area contributed by atoms with E-state index in [9.17, 15) is 0 Å². The minimum absolute atomic E-state index is 0.535. The molecule has 0 spiro atoms. The standard InChI is InChI=1S/C17H28N2O/c1-5-13(3)17-12-19(14(4)11-18-17)15-7-9-16(10-8-15)20-6-2/h7-10,13-14,17-18H,5-6,11-12H2,1-4H3. The summed E-state index contributed by atoms with van der Waals surface area (Å²) in [5.41, 5.74) is 1.30. The van der Waals surface area contributed by atoms with Gasteiger partial charge in [-0.2, -0.15) is 0 Å². The molecule has 0 radical (unpaired) electrons. The molecule has 3 atom stereocenters. The van der Waals surface area contributed by atoms with Crippen LogP contribution in [-0.2, 0) is 0 Å². The van der Waals surface area contributed by atoms with Crippen LogP contribution in [0.25, 0.3) is 0 Å². The lowest BCUT2D eigenvalue weighted by Crippen LogP contribution is -2.57. The topological polar surface area (TPSA) is 24.5 Å². The normalized spacial score (nSPS) is 24.5. The monoisotopic (exact) mass is 276 g/mol. The van der Waals surface area contributed by atoms with Gasteiger partial charge in [-0.1, -0.05) is 20.3 Å². The Kier molecular flexibility index (Phi) is 5.30. The number of piperazine rings is 1. The molecule has 0 saturated carbocycles. The van der Waals surface area contributed by atoms with Crippen molar-refractivity contribution in [3.8, 4) is 5.75 Å². The summed E-state index contributed by atoms with van der Waals surface area (Å²) in [7, 11) is 0. The Balaban J connectivity index is 2.08. The van der Waals surface area contributed by atoms with Gasteiger partial charge in [0.1, 0.15) is 5.75 Å². The smallest absolute Gasteiger partial charge is 0.119 e. The number of nitrogens with zero attached hydrogens (tertiary/aromatic N) is 1. The first-order valence-corrected chi connectivity index (χ1v) is 7.88. The lowest BCUT2D eigenvalue weighted by Gasteiger charge is -2.42. The minimum Gasteiger partial charge on any atom is -0.494 e. The molecule has 1 aromatic carbocycles. The maximum absolute atomic E-state index is 5.52. The first-order valence-electron chi connectivity index (χ1n) is 7.88. The highest BCUT2D eigenvalue weighted by Crippen LogP contribution is 2.25. The summed E-state index contributed by atoms with van der Waals surface area (Å²) in [6.07, 6.45) is 1.23. The lowest BCUT2D eigenvalue weighted by molar-refractivity contribution is 0.315. The molecule has 1 heterocycles. The largest absolute Gasteiger partial charge is 0.494 e. The summed E-state index contributed by atoms with van der Waals surface area (Å²) in [5.74, 6) is 1.67. The number of benzene rings is 1. The molecule has 3 heteroatoms. The SMILES string of the molecule is CCOc1ccc(N2CC(C(C)CC)NCC2C)cc1. The average molecular weight is 276 g/mol. The molecule has 3 nitrogen and oxygen atoms in total. The van der Waals surface area contributed by atoms with E-state index < -0.39 is 0 Å². The van der Waals surface area contributed by atoms with E-state index in [0.717, 1.165) is 25.4 Å². The zero-order chi connectivity index (χ0) is 14.5. The van der Waals surface area contributed by atoms with E-state index in [1.165, 1.54) is 12.1 Å². The third-order valence-corrected chi connectivity index (χ3v) is 4.41. The second kappa shape index (κ2) is 6.98. The Bertz CT molecular complexity index is 404. The molecular formula is C17H28N2O. The van der Waals surface area contributed by atoms with Crippen molar-refractivity contribution in [2.75, 3.05) is 24.6 Å². The van der Waals surface area contributed by atoms with Crippen LogP contribution >= 0.6 is 0 Å². The maximum Gasteiger partial charge on any atom is 0.119 e. The first kappa shape index (κ1) is 15.2. The molecule has 1 saturated heterocycles. The highest BCUT2D eigenvalue weighted by Gasteiger charge is 2.27. The van der Waals surface area contributed by atoms with E-state index in [1.54, 1.807) is 0 Å². The fourth-order valence-electron chi connectivity index (χ4n) is 2.81. The van der Waals surface area contributed by atoms with Gasteiger partial charge in [-0.05, 0) is 44.0 Å². The predicted octanol–water partition coefficient (Wildman–Crippen LogP) is 3.30. The fraction of sp³-hybridized carbons (Fsp3) is 0.647. The summed E-state index contributed by atoms with van der Waals surface area (Å²) in [5, 5.41) is 3.68. The number of hydrogen-bond acceptors (Lipinski definition) is 3. The summed E-state index contributed by atoms with van der Waals surface area (Å²) < 4.78 is 5.52. The Hall–Kier alpha value is -1.22. The molecule has 112 valence electrons. The molecule has 1 aliphatic heterocycles. The van der Waals surface area contributed by atoms with Gasteiger partial charge in [0, 0.05) is 30.9 Å². The van der Waals surface area contributed by atoms with Crippen LogP contribution in [0.2, 0.25) is 0 Å². The van der Waals surface area contributed by atoms with Crippen LogP contribution in [0.3, 0.4) is 0 Å². The molecule has 1 aromatic rings. The molecule has 1 aliphatic rings. The van der Waals surface area contributed by atoms with Crippen LogP contribution in [0, 0.1) is 5.92 Å². The summed E-state index contributed by atoms with van der Waals surface area (Å²) in [6.45, 7) is 11.8. The minimum atomic E-state index is 0.535. The summed E-state index contributed by atoms with van der Waals surface area (Å²) in [6, 6.07) is 9.63. The van der Waals surface area contributed by atoms with Gasteiger partial charge in [0.25, 0.3) is 0 Å². The van der Waals surface area contributed by atoms with E-state index in [-0.39, 0.29) is 0 Å². The van der Waals surface area contributed by atoms with Crippen molar-refractivity contribution >= 4 is 5.69 Å². The van der Waals surface area contributed by atoms with E-state index in [2.05, 4.69) is 55.3 Å². The van der Waals surface area contributed by atoms with E-state index in [0.29, 0.717) is 18.0 Å². The molecular weight excluding hydrogens is 248 g/mol. The Morgan fingerprint density at radius 1 is 1.30 bits per heavy atom. The van der Waals surface area contributed by atoms with Crippen molar-refractivity contribution in [1.82, 2.24) is 5.32 Å². The maximum atomic E-state index is 5.52. The van der Waals surface area contributed by atoms with Crippen molar-refractivity contribution in [3.05, 3.63) is 24.3 Å². The van der Waals surface area contributed by atoms with Gasteiger partial charge in [0.2, 0.25) is 0 Å². The van der Waals surface area contributed by atoms with Crippen molar-refractivity contribution in [2.45, 2.75) is 46.2 Å². The van der Waals surface area contributed by atoms with E-state index in [4.69, 9.17) is 4.74 Å². The predicted molar refractivity (Wildman–Crippen MR) is 85.7 cm³/mol. The van der Waals surface area contributed by atoms with Gasteiger partial charge in [-0.15, -0.1) is 0 Å². The second-order valence-electron chi connectivity index (χ2n) is 5.83. The van der Waals surface area contributed by atoms with Crippen LogP contribution < -0.4 is 15.0 Å². The van der Waals surface area contributed by atoms with Crippen molar-refractivity contribution in [2.24, 2.45) is 5.92 Å². The number of rotatable bonds is 5. The molecule has 0 bridgehead atoms. The molecule has 20 heavy (non-hydrogen) atoms.